The summed E-state index contributed by atoms with van der Waals surface area (Å²) in [5.41, 5.74) is -0.0344. The van der Waals surface area contributed by atoms with Crippen LogP contribution in [0.3, 0.4) is 0 Å². The van der Waals surface area contributed by atoms with Crippen molar-refractivity contribution in [3.05, 3.63) is 24.3 Å². The SMILES string of the molecule is CCCO[C@](C)(CC)C(=O)Nc1ccc(OCCN2CCCC[C@@H]2C)cc1. The first-order valence-corrected chi connectivity index (χ1v) is 10.4. The molecule has 1 heterocycles. The lowest BCUT2D eigenvalue weighted by Gasteiger charge is -2.33. The highest BCUT2D eigenvalue weighted by atomic mass is 16.5. The van der Waals surface area contributed by atoms with E-state index in [4.69, 9.17) is 9.47 Å². The van der Waals surface area contributed by atoms with E-state index >= 15 is 0 Å². The number of rotatable bonds is 10. The Hall–Kier alpha value is -1.59. The van der Waals surface area contributed by atoms with E-state index < -0.39 is 5.60 Å². The summed E-state index contributed by atoms with van der Waals surface area (Å²) in [6, 6.07) is 8.23. The fraction of sp³-hybridized carbons (Fsp3) is 0.682. The molecule has 5 heteroatoms. The van der Waals surface area contributed by atoms with Gasteiger partial charge in [0.15, 0.2) is 0 Å². The highest BCUT2D eigenvalue weighted by molar-refractivity contribution is 5.97. The monoisotopic (exact) mass is 376 g/mol. The van der Waals surface area contributed by atoms with E-state index in [1.54, 1.807) is 0 Å². The average Bonchev–Trinajstić information content (AvgIpc) is 2.69. The Labute approximate surface area is 164 Å². The molecule has 5 nitrogen and oxygen atoms in total. The molecule has 1 aromatic rings. The Kier molecular flexibility index (Phi) is 8.58. The van der Waals surface area contributed by atoms with Gasteiger partial charge in [-0.15, -0.1) is 0 Å². The zero-order valence-corrected chi connectivity index (χ0v) is 17.4. The molecule has 1 aromatic carbocycles. The average molecular weight is 377 g/mol. The second-order valence-electron chi connectivity index (χ2n) is 7.64. The van der Waals surface area contributed by atoms with Gasteiger partial charge in [-0.2, -0.15) is 0 Å². The summed E-state index contributed by atoms with van der Waals surface area (Å²) >= 11 is 0. The lowest BCUT2D eigenvalue weighted by Crippen LogP contribution is -2.42. The van der Waals surface area contributed by atoms with E-state index in [1.165, 1.54) is 25.8 Å². The zero-order chi connectivity index (χ0) is 19.7. The molecule has 1 fully saturated rings. The lowest BCUT2D eigenvalue weighted by atomic mass is 10.0. The summed E-state index contributed by atoms with van der Waals surface area (Å²) in [5, 5.41) is 2.96. The number of nitrogens with zero attached hydrogens (tertiary/aromatic N) is 1. The van der Waals surface area contributed by atoms with Gasteiger partial charge < -0.3 is 14.8 Å². The molecule has 1 N–H and O–H groups in total. The van der Waals surface area contributed by atoms with Crippen molar-refractivity contribution in [2.75, 3.05) is 31.6 Å². The van der Waals surface area contributed by atoms with Crippen LogP contribution in [0.25, 0.3) is 0 Å². The maximum Gasteiger partial charge on any atom is 0.256 e. The van der Waals surface area contributed by atoms with Gasteiger partial charge in [0.25, 0.3) is 5.91 Å². The van der Waals surface area contributed by atoms with Gasteiger partial charge in [0.2, 0.25) is 0 Å². The number of hydrogen-bond acceptors (Lipinski definition) is 4. The molecular formula is C22H36N2O3. The molecule has 0 unspecified atom stereocenters. The van der Waals surface area contributed by atoms with Crippen LogP contribution in [0, 0.1) is 0 Å². The summed E-state index contributed by atoms with van der Waals surface area (Å²) in [6.45, 7) is 11.6. The Bertz CT molecular complexity index is 575. The third-order valence-corrected chi connectivity index (χ3v) is 5.48. The normalized spacial score (nSPS) is 20.1. The molecule has 152 valence electrons. The van der Waals surface area contributed by atoms with Crippen LogP contribution in [-0.4, -0.2) is 48.8 Å². The van der Waals surface area contributed by atoms with E-state index in [1.807, 2.05) is 45.0 Å². The van der Waals surface area contributed by atoms with Gasteiger partial charge in [0.05, 0.1) is 0 Å². The molecule has 0 spiro atoms. The van der Waals surface area contributed by atoms with Crippen LogP contribution in [0.2, 0.25) is 0 Å². The molecule has 2 rings (SSSR count). The Balaban J connectivity index is 1.81. The number of anilines is 1. The topological polar surface area (TPSA) is 50.8 Å². The molecule has 1 amide bonds. The smallest absolute Gasteiger partial charge is 0.256 e. The van der Waals surface area contributed by atoms with Crippen molar-refractivity contribution in [2.45, 2.75) is 71.4 Å². The van der Waals surface area contributed by atoms with Gasteiger partial charge in [-0.05, 0) is 70.3 Å². The van der Waals surface area contributed by atoms with Gasteiger partial charge in [-0.1, -0.05) is 20.3 Å². The van der Waals surface area contributed by atoms with Crippen molar-refractivity contribution < 1.29 is 14.3 Å². The number of benzene rings is 1. The molecule has 1 aliphatic rings. The molecule has 27 heavy (non-hydrogen) atoms. The molecule has 1 aliphatic heterocycles. The minimum Gasteiger partial charge on any atom is -0.492 e. The van der Waals surface area contributed by atoms with E-state index in [9.17, 15) is 4.79 Å². The summed E-state index contributed by atoms with van der Waals surface area (Å²) in [7, 11) is 0. The predicted molar refractivity (Wildman–Crippen MR) is 110 cm³/mol. The first kappa shape index (κ1) is 21.7. The molecule has 2 atom stereocenters. The molecule has 1 saturated heterocycles. The predicted octanol–water partition coefficient (Wildman–Crippen LogP) is 4.47. The summed E-state index contributed by atoms with van der Waals surface area (Å²) in [4.78, 5) is 15.1. The molecular weight excluding hydrogens is 340 g/mol. The van der Waals surface area contributed by atoms with Gasteiger partial charge in [-0.25, -0.2) is 0 Å². The van der Waals surface area contributed by atoms with E-state index in [-0.39, 0.29) is 5.91 Å². The molecule has 0 aromatic heterocycles. The van der Waals surface area contributed by atoms with Crippen LogP contribution in [-0.2, 0) is 9.53 Å². The van der Waals surface area contributed by atoms with Crippen molar-refractivity contribution in [1.29, 1.82) is 0 Å². The third-order valence-electron chi connectivity index (χ3n) is 5.48. The Morgan fingerprint density at radius 2 is 1.96 bits per heavy atom. The van der Waals surface area contributed by atoms with Crippen molar-refractivity contribution in [2.24, 2.45) is 0 Å². The summed E-state index contributed by atoms with van der Waals surface area (Å²) in [5.74, 6) is 0.726. The second-order valence-corrected chi connectivity index (χ2v) is 7.64. The zero-order valence-electron chi connectivity index (χ0n) is 17.4. The molecule has 0 bridgehead atoms. The molecule has 0 aliphatic carbocycles. The summed E-state index contributed by atoms with van der Waals surface area (Å²) in [6.07, 6.45) is 5.44. The van der Waals surface area contributed by atoms with Crippen molar-refractivity contribution in [3.8, 4) is 5.75 Å². The number of ether oxygens (including phenoxy) is 2. The highest BCUT2D eigenvalue weighted by Crippen LogP contribution is 2.21. The number of likely N-dealkylation sites (tertiary alicyclic amines) is 1. The van der Waals surface area contributed by atoms with Crippen LogP contribution in [0.5, 0.6) is 5.75 Å². The van der Waals surface area contributed by atoms with E-state index in [2.05, 4.69) is 17.1 Å². The first-order chi connectivity index (χ1) is 13.0. The van der Waals surface area contributed by atoms with Crippen molar-refractivity contribution in [3.63, 3.8) is 0 Å². The van der Waals surface area contributed by atoms with Crippen LogP contribution in [0.15, 0.2) is 24.3 Å². The standard InChI is InChI=1S/C22H36N2O3/c1-5-16-27-22(4,6-2)21(25)23-19-10-12-20(13-11-19)26-17-15-24-14-8-7-9-18(24)3/h10-13,18H,5-9,14-17H2,1-4H3,(H,23,25)/t18-,22+/m0/s1. The van der Waals surface area contributed by atoms with Crippen LogP contribution < -0.4 is 10.1 Å². The third kappa shape index (κ3) is 6.51. The second kappa shape index (κ2) is 10.7. The van der Waals surface area contributed by atoms with Crippen LogP contribution in [0.4, 0.5) is 5.69 Å². The lowest BCUT2D eigenvalue weighted by molar-refractivity contribution is -0.139. The number of carbonyl (C=O) groups is 1. The highest BCUT2D eigenvalue weighted by Gasteiger charge is 2.32. The van der Waals surface area contributed by atoms with E-state index in [0.29, 0.717) is 25.7 Å². The van der Waals surface area contributed by atoms with Crippen molar-refractivity contribution >= 4 is 11.6 Å². The van der Waals surface area contributed by atoms with Gasteiger partial charge in [0.1, 0.15) is 18.0 Å². The molecule has 0 saturated carbocycles. The maximum atomic E-state index is 12.6. The fourth-order valence-corrected chi connectivity index (χ4v) is 3.32. The maximum absolute atomic E-state index is 12.6. The van der Waals surface area contributed by atoms with Gasteiger partial charge >= 0.3 is 0 Å². The number of amides is 1. The van der Waals surface area contributed by atoms with E-state index in [0.717, 1.165) is 24.4 Å². The van der Waals surface area contributed by atoms with Crippen molar-refractivity contribution in [1.82, 2.24) is 4.90 Å². The number of carbonyl (C=O) groups excluding carboxylic acids is 1. The summed E-state index contributed by atoms with van der Waals surface area (Å²) < 4.78 is 11.6. The quantitative estimate of drug-likeness (QED) is 0.654. The number of hydrogen-bond donors (Lipinski definition) is 1. The minimum atomic E-state index is -0.795. The fourth-order valence-electron chi connectivity index (χ4n) is 3.32. The molecule has 0 radical (unpaired) electrons. The van der Waals surface area contributed by atoms with Gasteiger partial charge in [-0.3, -0.25) is 9.69 Å². The number of nitrogens with one attached hydrogen (secondary N) is 1. The Morgan fingerprint density at radius 3 is 2.59 bits per heavy atom. The largest absolute Gasteiger partial charge is 0.492 e. The first-order valence-electron chi connectivity index (χ1n) is 10.4. The minimum absolute atomic E-state index is 0.105. The van der Waals surface area contributed by atoms with Gasteiger partial charge in [0, 0.05) is 24.9 Å². The van der Waals surface area contributed by atoms with Crippen LogP contribution >= 0.6 is 0 Å². The number of piperidine rings is 1. The van der Waals surface area contributed by atoms with Crippen LogP contribution in [0.1, 0.15) is 59.8 Å². The Morgan fingerprint density at radius 1 is 1.22 bits per heavy atom.